The summed E-state index contributed by atoms with van der Waals surface area (Å²) in [5.74, 6) is 0.404. The Labute approximate surface area is 128 Å². The Bertz CT molecular complexity index is 377. The lowest BCUT2D eigenvalue weighted by Crippen LogP contribution is -2.54. The van der Waals surface area contributed by atoms with Crippen LogP contribution in [0.25, 0.3) is 0 Å². The molecule has 0 bridgehead atoms. The van der Waals surface area contributed by atoms with E-state index in [1.807, 2.05) is 6.92 Å². The first-order chi connectivity index (χ1) is 9.54. The number of rotatable bonds is 2. The van der Waals surface area contributed by atoms with Crippen LogP contribution in [0.1, 0.15) is 47.0 Å². The van der Waals surface area contributed by atoms with Crippen LogP contribution >= 0.6 is 0 Å². The van der Waals surface area contributed by atoms with Crippen LogP contribution in [0.4, 0.5) is 4.79 Å². The van der Waals surface area contributed by atoms with Gasteiger partial charge in [-0.15, -0.1) is 0 Å². The average molecular weight is 323 g/mol. The van der Waals surface area contributed by atoms with Crippen molar-refractivity contribution in [2.24, 2.45) is 5.92 Å². The van der Waals surface area contributed by atoms with Gasteiger partial charge in [-0.05, 0) is 46.0 Å². The highest BCUT2D eigenvalue weighted by Crippen LogP contribution is 2.31. The molecule has 1 fully saturated rings. The lowest BCUT2D eigenvalue weighted by Gasteiger charge is -2.39. The van der Waals surface area contributed by atoms with E-state index < -0.39 is 35.0 Å². The summed E-state index contributed by atoms with van der Waals surface area (Å²) in [6.45, 7) is 7.40. The number of ether oxygens (including phenoxy) is 1. The van der Waals surface area contributed by atoms with Gasteiger partial charge in [-0.1, -0.05) is 6.92 Å². The summed E-state index contributed by atoms with van der Waals surface area (Å²) in [6.07, 6.45) is 0.541. The maximum Gasteiger partial charge on any atom is 0.407 e. The average Bonchev–Trinajstić information content (AvgIpc) is 2.31. The summed E-state index contributed by atoms with van der Waals surface area (Å²) in [7, 11) is 0. The highest BCUT2D eigenvalue weighted by Gasteiger charge is 2.40. The molecule has 3 atom stereocenters. The zero-order chi connectivity index (χ0) is 16.7. The summed E-state index contributed by atoms with van der Waals surface area (Å²) < 4.78 is 21.7. The lowest BCUT2D eigenvalue weighted by atomic mass is 9.77. The molecule has 1 aliphatic carbocycles. The van der Waals surface area contributed by atoms with Gasteiger partial charge in [-0.2, -0.15) is 8.42 Å². The molecule has 0 aromatic carbocycles. The molecule has 21 heavy (non-hydrogen) atoms. The highest BCUT2D eigenvalue weighted by molar-refractivity contribution is 7.51. The molecule has 1 amide bonds. The quantitative estimate of drug-likeness (QED) is 0.691. The van der Waals surface area contributed by atoms with E-state index in [0.29, 0.717) is 18.8 Å². The van der Waals surface area contributed by atoms with Crippen molar-refractivity contribution in [3.63, 3.8) is 0 Å². The van der Waals surface area contributed by atoms with Crippen LogP contribution in [0.5, 0.6) is 0 Å². The van der Waals surface area contributed by atoms with Gasteiger partial charge in [0.15, 0.2) is 0 Å². The van der Waals surface area contributed by atoms with Crippen LogP contribution < -0.4 is 5.32 Å². The molecule has 124 valence electrons. The number of aliphatic hydroxyl groups is 2. The van der Waals surface area contributed by atoms with E-state index in [4.69, 9.17) is 13.2 Å². The molecular weight excluding hydrogens is 298 g/mol. The Morgan fingerprint density at radius 1 is 1.43 bits per heavy atom. The first-order valence-corrected chi connectivity index (χ1v) is 7.50. The van der Waals surface area contributed by atoms with Gasteiger partial charge >= 0.3 is 17.7 Å². The molecule has 8 heteroatoms. The Morgan fingerprint density at radius 3 is 2.38 bits per heavy atom. The van der Waals surface area contributed by atoms with Gasteiger partial charge in [-0.25, -0.2) is 4.79 Å². The van der Waals surface area contributed by atoms with Crippen LogP contribution in [-0.2, 0) is 16.3 Å². The van der Waals surface area contributed by atoms with E-state index >= 15 is 0 Å². The Kier molecular flexibility index (Phi) is 8.05. The molecular formula is C13H25NO6S. The molecule has 0 aromatic rings. The molecule has 0 aromatic heterocycles. The van der Waals surface area contributed by atoms with Gasteiger partial charge in [0, 0.05) is 0 Å². The van der Waals surface area contributed by atoms with Crippen molar-refractivity contribution < 1.29 is 28.2 Å². The fourth-order valence-corrected chi connectivity index (χ4v) is 2.13. The van der Waals surface area contributed by atoms with Crippen LogP contribution in [0.15, 0.2) is 0 Å². The Morgan fingerprint density at radius 2 is 1.95 bits per heavy atom. The molecule has 0 spiro atoms. The van der Waals surface area contributed by atoms with Crippen molar-refractivity contribution >= 4 is 17.7 Å². The fraction of sp³-hybridized carbons (Fsp3) is 0.923. The van der Waals surface area contributed by atoms with E-state index in [0.717, 1.165) is 6.42 Å². The number of carbonyl (C=O) groups excluding carboxylic acids is 1. The topological polar surface area (TPSA) is 113 Å². The second-order valence-corrected chi connectivity index (χ2v) is 6.56. The van der Waals surface area contributed by atoms with Crippen molar-refractivity contribution in [2.45, 2.75) is 64.3 Å². The smallest absolute Gasteiger partial charge is 0.407 e. The van der Waals surface area contributed by atoms with Crippen LogP contribution in [-0.4, -0.2) is 48.6 Å². The molecule has 3 N–H and O–H groups in total. The Balaban J connectivity index is 0.00000122. The first-order valence-electron chi connectivity index (χ1n) is 6.83. The maximum absolute atomic E-state index is 11.5. The predicted octanol–water partition coefficient (Wildman–Crippen LogP) is 0.753. The van der Waals surface area contributed by atoms with E-state index in [1.165, 1.54) is 0 Å². The molecule has 0 aliphatic heterocycles. The first kappa shape index (κ1) is 20.0. The highest BCUT2D eigenvalue weighted by atomic mass is 32.1. The molecule has 0 radical (unpaired) electrons. The number of alkyl carbamates (subject to hydrolysis) is 1. The second kappa shape index (κ2) is 8.45. The normalized spacial score (nSPS) is 28.9. The Hall–Kier alpha value is -0.990. The van der Waals surface area contributed by atoms with Crippen LogP contribution in [0.2, 0.25) is 0 Å². The van der Waals surface area contributed by atoms with Crippen molar-refractivity contribution in [2.75, 3.05) is 6.54 Å². The van der Waals surface area contributed by atoms with Gasteiger partial charge in [0.2, 0.25) is 0 Å². The van der Waals surface area contributed by atoms with E-state index in [9.17, 15) is 15.0 Å². The molecule has 1 rings (SSSR count). The minimum atomic E-state index is -1.23. The van der Waals surface area contributed by atoms with Crippen molar-refractivity contribution in [1.82, 2.24) is 5.32 Å². The summed E-state index contributed by atoms with van der Waals surface area (Å²) in [4.78, 5) is 11.5. The zero-order valence-electron chi connectivity index (χ0n) is 12.9. The van der Waals surface area contributed by atoms with Crippen molar-refractivity contribution in [3.8, 4) is 0 Å². The number of carbonyl (C=O) groups is 1. The molecule has 1 aliphatic rings. The zero-order valence-corrected chi connectivity index (χ0v) is 13.7. The third-order valence-electron chi connectivity index (χ3n) is 3.25. The van der Waals surface area contributed by atoms with E-state index in [2.05, 4.69) is 5.32 Å². The van der Waals surface area contributed by atoms with Gasteiger partial charge in [-0.3, -0.25) is 0 Å². The number of hydrogen-bond acceptors (Lipinski definition) is 6. The molecule has 0 heterocycles. The number of amides is 1. The number of nitrogens with one attached hydrogen (secondary N) is 1. The molecule has 1 saturated carbocycles. The standard InChI is InChI=1S/C13H25NO4.O2S/c1-9-5-6-13(17,10(15)7-9)8-14-11(16)18-12(2,3)4;1-3-2/h9-10,15,17H,5-8H2,1-4H3,(H,14,16);/t9?,10-,13-;/m1./s1. The van der Waals surface area contributed by atoms with Gasteiger partial charge in [0.1, 0.15) is 11.2 Å². The van der Waals surface area contributed by atoms with E-state index in [-0.39, 0.29) is 6.54 Å². The molecule has 1 unspecified atom stereocenters. The summed E-state index contributed by atoms with van der Waals surface area (Å²) >= 11 is -0.750. The monoisotopic (exact) mass is 323 g/mol. The fourth-order valence-electron chi connectivity index (χ4n) is 2.13. The van der Waals surface area contributed by atoms with Crippen molar-refractivity contribution in [3.05, 3.63) is 0 Å². The van der Waals surface area contributed by atoms with Gasteiger partial charge < -0.3 is 20.3 Å². The predicted molar refractivity (Wildman–Crippen MR) is 77.1 cm³/mol. The molecule has 0 saturated heterocycles. The second-order valence-electron chi connectivity index (χ2n) is 6.42. The summed E-state index contributed by atoms with van der Waals surface area (Å²) in [6, 6.07) is 0. The maximum atomic E-state index is 11.5. The minimum absolute atomic E-state index is 0.0236. The SMILES string of the molecule is CC1CC[C@@](O)(CNC(=O)OC(C)(C)C)[C@H](O)C1.O=S=O. The lowest BCUT2D eigenvalue weighted by molar-refractivity contribution is -0.107. The number of hydrogen-bond donors (Lipinski definition) is 3. The minimum Gasteiger partial charge on any atom is -0.444 e. The van der Waals surface area contributed by atoms with Crippen LogP contribution in [0, 0.1) is 5.92 Å². The van der Waals surface area contributed by atoms with Crippen molar-refractivity contribution in [1.29, 1.82) is 0 Å². The summed E-state index contributed by atoms with van der Waals surface area (Å²) in [5, 5.41) is 22.7. The molecule has 7 nitrogen and oxygen atoms in total. The van der Waals surface area contributed by atoms with Gasteiger partial charge in [0.25, 0.3) is 0 Å². The summed E-state index contributed by atoms with van der Waals surface area (Å²) in [5.41, 5.74) is -1.80. The largest absolute Gasteiger partial charge is 0.444 e. The van der Waals surface area contributed by atoms with E-state index in [1.54, 1.807) is 20.8 Å². The number of aliphatic hydroxyl groups excluding tert-OH is 1. The van der Waals surface area contributed by atoms with Gasteiger partial charge in [0.05, 0.1) is 12.6 Å². The third-order valence-corrected chi connectivity index (χ3v) is 3.25. The third kappa shape index (κ3) is 8.13. The van der Waals surface area contributed by atoms with Crippen LogP contribution in [0.3, 0.4) is 0 Å².